The summed E-state index contributed by atoms with van der Waals surface area (Å²) in [5, 5.41) is 8.04. The molecule has 0 saturated carbocycles. The molecule has 0 radical (unpaired) electrons. The van der Waals surface area contributed by atoms with Crippen LogP contribution in [-0.4, -0.2) is 85.4 Å². The van der Waals surface area contributed by atoms with E-state index in [0.717, 1.165) is 48.7 Å². The van der Waals surface area contributed by atoms with E-state index in [9.17, 15) is 9.59 Å². The van der Waals surface area contributed by atoms with Crippen molar-refractivity contribution in [3.05, 3.63) is 59.7 Å². The minimum atomic E-state index is -0.186. The number of amides is 2. The van der Waals surface area contributed by atoms with Crippen molar-refractivity contribution in [2.24, 2.45) is 10.2 Å². The third-order valence-corrected chi connectivity index (χ3v) is 7.35. The molecule has 0 bridgehead atoms. The van der Waals surface area contributed by atoms with Crippen molar-refractivity contribution in [1.82, 2.24) is 10.9 Å². The second-order valence-corrected chi connectivity index (χ2v) is 11.3. The minimum Gasteiger partial charge on any atom is -0.369 e. The highest BCUT2D eigenvalue weighted by Gasteiger charge is 2.07. The highest BCUT2D eigenvalue weighted by Crippen LogP contribution is 2.16. The molecule has 2 amide bonds. The first-order valence-electron chi connectivity index (χ1n) is 13.2. The number of carbonyl (C=O) groups excluding carboxylic acids is 2. The maximum absolute atomic E-state index is 12.0. The molecule has 0 aromatic heterocycles. The molecule has 2 rings (SSSR count). The summed E-state index contributed by atoms with van der Waals surface area (Å²) in [7, 11) is 0. The van der Waals surface area contributed by atoms with Crippen LogP contribution in [0, 0.1) is 0 Å². The number of nitrogens with one attached hydrogen (secondary N) is 2. The number of thioether (sulfide) groups is 1. The molecule has 0 spiro atoms. The first kappa shape index (κ1) is 35.0. The Morgan fingerprint density at radius 3 is 1.29 bits per heavy atom. The number of nitrogens with zero attached hydrogens (tertiary/aromatic N) is 4. The Labute approximate surface area is 266 Å². The van der Waals surface area contributed by atoms with Crippen LogP contribution in [0.4, 0.5) is 11.4 Å². The van der Waals surface area contributed by atoms with Gasteiger partial charge in [-0.3, -0.25) is 9.59 Å². The van der Waals surface area contributed by atoms with E-state index in [1.807, 2.05) is 48.5 Å². The molecule has 0 aliphatic carbocycles. The molecular formula is C28H36Cl4N6O2S. The molecule has 224 valence electrons. The first-order valence-corrected chi connectivity index (χ1v) is 16.5. The van der Waals surface area contributed by atoms with Gasteiger partial charge in [0.15, 0.2) is 0 Å². The van der Waals surface area contributed by atoms with Crippen LogP contribution in [0.1, 0.15) is 24.0 Å². The van der Waals surface area contributed by atoms with Gasteiger partial charge >= 0.3 is 0 Å². The van der Waals surface area contributed by atoms with Crippen LogP contribution in [0.25, 0.3) is 0 Å². The predicted molar refractivity (Wildman–Crippen MR) is 178 cm³/mol. The lowest BCUT2D eigenvalue weighted by atomic mass is 10.2. The van der Waals surface area contributed by atoms with Gasteiger partial charge < -0.3 is 9.80 Å². The van der Waals surface area contributed by atoms with E-state index in [-0.39, 0.29) is 11.8 Å². The van der Waals surface area contributed by atoms with Crippen molar-refractivity contribution in [3.8, 4) is 0 Å². The maximum atomic E-state index is 12.0. The monoisotopic (exact) mass is 660 g/mol. The topological polar surface area (TPSA) is 89.4 Å². The Balaban J connectivity index is 1.61. The van der Waals surface area contributed by atoms with Crippen LogP contribution in [0.15, 0.2) is 58.7 Å². The summed E-state index contributed by atoms with van der Waals surface area (Å²) in [6.07, 6.45) is 3.80. The SMILES string of the molecule is O=C(CCSCCC(=O)N/N=C/c1ccc(N(CCCl)CCCl)cc1)NN=Cc1ccc(N(CCCl)CCCl)cc1. The van der Waals surface area contributed by atoms with Gasteiger partial charge in [0.25, 0.3) is 0 Å². The zero-order valence-corrected chi connectivity index (χ0v) is 26.6. The number of halogens is 4. The number of carbonyl (C=O) groups is 2. The number of hydrazone groups is 2. The summed E-state index contributed by atoms with van der Waals surface area (Å²) in [6, 6.07) is 15.6. The summed E-state index contributed by atoms with van der Waals surface area (Å²) in [4.78, 5) is 28.3. The van der Waals surface area contributed by atoms with E-state index in [2.05, 4.69) is 30.9 Å². The van der Waals surface area contributed by atoms with Gasteiger partial charge in [0, 0.05) is 85.4 Å². The van der Waals surface area contributed by atoms with Crippen LogP contribution < -0.4 is 20.7 Å². The van der Waals surface area contributed by atoms with E-state index in [0.29, 0.717) is 47.9 Å². The van der Waals surface area contributed by atoms with Crippen LogP contribution >= 0.6 is 58.2 Å². The number of anilines is 2. The molecule has 41 heavy (non-hydrogen) atoms. The summed E-state index contributed by atoms with van der Waals surface area (Å²) in [6.45, 7) is 2.87. The fourth-order valence-electron chi connectivity index (χ4n) is 3.59. The number of alkyl halides is 4. The average molecular weight is 663 g/mol. The molecule has 0 aliphatic rings. The van der Waals surface area contributed by atoms with Gasteiger partial charge in [-0.2, -0.15) is 22.0 Å². The molecule has 0 atom stereocenters. The zero-order valence-electron chi connectivity index (χ0n) is 22.8. The number of hydrogen-bond acceptors (Lipinski definition) is 7. The van der Waals surface area contributed by atoms with Crippen molar-refractivity contribution in [3.63, 3.8) is 0 Å². The highest BCUT2D eigenvalue weighted by atomic mass is 35.5. The van der Waals surface area contributed by atoms with Crippen LogP contribution in [0.5, 0.6) is 0 Å². The van der Waals surface area contributed by atoms with Gasteiger partial charge in [-0.1, -0.05) is 24.3 Å². The Bertz CT molecular complexity index is 992. The van der Waals surface area contributed by atoms with Gasteiger partial charge in [0.1, 0.15) is 0 Å². The normalized spacial score (nSPS) is 11.2. The lowest BCUT2D eigenvalue weighted by Gasteiger charge is -2.22. The quantitative estimate of drug-likeness (QED) is 0.0863. The summed E-state index contributed by atoms with van der Waals surface area (Å²) in [5.74, 6) is 2.88. The van der Waals surface area contributed by atoms with Gasteiger partial charge in [-0.15, -0.1) is 46.4 Å². The van der Waals surface area contributed by atoms with E-state index in [4.69, 9.17) is 46.4 Å². The van der Waals surface area contributed by atoms with Crippen molar-refractivity contribution in [1.29, 1.82) is 0 Å². The van der Waals surface area contributed by atoms with Crippen molar-refractivity contribution < 1.29 is 9.59 Å². The molecule has 0 saturated heterocycles. The van der Waals surface area contributed by atoms with Gasteiger partial charge in [0.2, 0.25) is 11.8 Å². The molecule has 8 nitrogen and oxygen atoms in total. The van der Waals surface area contributed by atoms with E-state index in [1.165, 1.54) is 11.8 Å². The van der Waals surface area contributed by atoms with Crippen LogP contribution in [0.2, 0.25) is 0 Å². The lowest BCUT2D eigenvalue weighted by molar-refractivity contribution is -0.121. The zero-order chi connectivity index (χ0) is 29.7. The van der Waals surface area contributed by atoms with E-state index in [1.54, 1.807) is 12.4 Å². The fraction of sp³-hybridized carbons (Fsp3) is 0.429. The Hall–Kier alpha value is -2.17. The molecule has 2 N–H and O–H groups in total. The molecule has 0 unspecified atom stereocenters. The van der Waals surface area contributed by atoms with Crippen molar-refractivity contribution >= 4 is 93.8 Å². The van der Waals surface area contributed by atoms with Gasteiger partial charge in [-0.25, -0.2) is 10.9 Å². The average Bonchev–Trinajstić information content (AvgIpc) is 2.97. The highest BCUT2D eigenvalue weighted by molar-refractivity contribution is 7.99. The molecule has 2 aromatic rings. The Morgan fingerprint density at radius 1 is 0.634 bits per heavy atom. The molecule has 0 aliphatic heterocycles. The summed E-state index contributed by atoms with van der Waals surface area (Å²) >= 11 is 25.0. The van der Waals surface area contributed by atoms with Gasteiger partial charge in [-0.05, 0) is 35.4 Å². The minimum absolute atomic E-state index is 0.186. The largest absolute Gasteiger partial charge is 0.369 e. The molecule has 13 heteroatoms. The maximum Gasteiger partial charge on any atom is 0.240 e. The lowest BCUT2D eigenvalue weighted by Crippen LogP contribution is -2.27. The van der Waals surface area contributed by atoms with E-state index < -0.39 is 0 Å². The number of hydrogen-bond donors (Lipinski definition) is 2. The molecular weight excluding hydrogens is 626 g/mol. The van der Waals surface area contributed by atoms with E-state index >= 15 is 0 Å². The number of rotatable bonds is 20. The summed E-state index contributed by atoms with van der Waals surface area (Å²) < 4.78 is 0. The Morgan fingerprint density at radius 2 is 0.976 bits per heavy atom. The Kier molecular flexibility index (Phi) is 18.4. The first-order chi connectivity index (χ1) is 20.0. The van der Waals surface area contributed by atoms with Crippen LogP contribution in [0.3, 0.4) is 0 Å². The molecule has 0 fully saturated rings. The third kappa shape index (κ3) is 14.5. The molecule has 2 aromatic carbocycles. The molecule has 0 heterocycles. The smallest absolute Gasteiger partial charge is 0.240 e. The van der Waals surface area contributed by atoms with Crippen molar-refractivity contribution in [2.45, 2.75) is 12.8 Å². The fourth-order valence-corrected chi connectivity index (χ4v) is 5.27. The van der Waals surface area contributed by atoms with Gasteiger partial charge in [0.05, 0.1) is 12.4 Å². The second kappa shape index (κ2) is 21.5. The second-order valence-electron chi connectivity index (χ2n) is 8.61. The standard InChI is InChI=1S/C28H36Cl4N6O2S/c29-11-15-37(16-12-30)25-5-1-23(2-6-25)21-33-35-27(39)9-19-41-20-10-28(40)36-34-22-24-3-7-26(8-4-24)38(17-13-31)18-14-32/h1-8,21-22H,9-20H2,(H,35,39)(H,36,40)/b33-21+,34-22?. The third-order valence-electron chi connectivity index (χ3n) is 5.69. The predicted octanol–water partition coefficient (Wildman–Crippen LogP) is 5.37. The number of benzene rings is 2. The van der Waals surface area contributed by atoms with Crippen LogP contribution in [-0.2, 0) is 9.59 Å². The summed E-state index contributed by atoms with van der Waals surface area (Å²) in [5.41, 5.74) is 8.86. The van der Waals surface area contributed by atoms with Crippen molar-refractivity contribution in [2.75, 3.05) is 71.0 Å².